The number of aryl methyl sites for hydroxylation is 1. The van der Waals surface area contributed by atoms with Crippen LogP contribution in [-0.2, 0) is 4.74 Å². The molecule has 1 amide bonds. The number of hydrogen-bond acceptors (Lipinski definition) is 9. The average molecular weight is 599 g/mol. The van der Waals surface area contributed by atoms with Gasteiger partial charge in [0.2, 0.25) is 0 Å². The van der Waals surface area contributed by atoms with Gasteiger partial charge in [0, 0.05) is 53.8 Å². The zero-order valence-electron chi connectivity index (χ0n) is 23.3. The van der Waals surface area contributed by atoms with Crippen LogP contribution in [0.25, 0.3) is 33.8 Å². The molecule has 0 bridgehead atoms. The van der Waals surface area contributed by atoms with Crippen molar-refractivity contribution in [3.8, 4) is 39.5 Å². The van der Waals surface area contributed by atoms with Crippen molar-refractivity contribution in [3.63, 3.8) is 0 Å². The molecule has 0 unspecified atom stereocenters. The second kappa shape index (κ2) is 14.5. The summed E-state index contributed by atoms with van der Waals surface area (Å²) >= 11 is 0. The summed E-state index contributed by atoms with van der Waals surface area (Å²) in [5.74, 6) is 1.38. The van der Waals surface area contributed by atoms with Crippen molar-refractivity contribution in [3.05, 3.63) is 97.1 Å². The minimum Gasteiger partial charge on any atom is -0.492 e. The van der Waals surface area contributed by atoms with E-state index in [0.717, 1.165) is 44.5 Å². The highest BCUT2D eigenvalue weighted by Gasteiger charge is 2.14. The molecule has 0 saturated carbocycles. The molecule has 5 aromatic rings. The monoisotopic (exact) mass is 598 g/mol. The van der Waals surface area contributed by atoms with E-state index in [0.29, 0.717) is 31.3 Å². The Morgan fingerprint density at radius 3 is 2.62 bits per heavy atom. The number of amides is 1. The number of aromatic nitrogens is 5. The highest BCUT2D eigenvalue weighted by Crippen LogP contribution is 2.31. The summed E-state index contributed by atoms with van der Waals surface area (Å²) in [7, 11) is 4.86. The molecule has 11 heteroatoms. The molecule has 4 aromatic heterocycles. The SMILES string of the molecule is Cc1cccc(-c2c[nH]nc2-c2ccnc(-c3ccc(OCCN(C)C(=O)OCCSSc4ccccn4)cc3)c2)n1. The van der Waals surface area contributed by atoms with Gasteiger partial charge in [0.1, 0.15) is 29.7 Å². The van der Waals surface area contributed by atoms with Gasteiger partial charge in [-0.2, -0.15) is 5.10 Å². The summed E-state index contributed by atoms with van der Waals surface area (Å²) in [6.45, 7) is 3.05. The van der Waals surface area contributed by atoms with Crippen LogP contribution >= 0.6 is 21.6 Å². The Labute approximate surface area is 252 Å². The zero-order chi connectivity index (χ0) is 29.1. The number of hydrogen-bond donors (Lipinski definition) is 1. The lowest BCUT2D eigenvalue weighted by Crippen LogP contribution is -2.31. The Morgan fingerprint density at radius 1 is 0.929 bits per heavy atom. The predicted molar refractivity (Wildman–Crippen MR) is 167 cm³/mol. The number of likely N-dealkylation sites (N-methyl/N-ethyl adjacent to an activating group) is 1. The maximum absolute atomic E-state index is 12.3. The van der Waals surface area contributed by atoms with Gasteiger partial charge in [-0.1, -0.05) is 22.9 Å². The summed E-state index contributed by atoms with van der Waals surface area (Å²) in [6, 6.07) is 23.4. The van der Waals surface area contributed by atoms with Crippen LogP contribution in [0.4, 0.5) is 4.79 Å². The topological polar surface area (TPSA) is 106 Å². The van der Waals surface area contributed by atoms with E-state index >= 15 is 0 Å². The maximum atomic E-state index is 12.3. The van der Waals surface area contributed by atoms with Crippen LogP contribution in [0.3, 0.4) is 0 Å². The Bertz CT molecular complexity index is 1600. The molecule has 1 aromatic carbocycles. The van der Waals surface area contributed by atoms with E-state index in [2.05, 4.69) is 25.1 Å². The first-order valence-electron chi connectivity index (χ1n) is 13.3. The standard InChI is InChI=1S/C31H30N6O3S2/c1-22-6-5-7-27(35-22)26-21-34-36-30(26)24-13-15-32-28(20-24)23-9-11-25(12-10-23)39-17-16-37(2)31(38)40-18-19-41-42-29-8-3-4-14-33-29/h3-15,20-21H,16-19H2,1-2H3,(H,34,36). The summed E-state index contributed by atoms with van der Waals surface area (Å²) in [4.78, 5) is 27.2. The van der Waals surface area contributed by atoms with E-state index in [4.69, 9.17) is 9.47 Å². The van der Waals surface area contributed by atoms with Crippen molar-refractivity contribution in [2.45, 2.75) is 11.9 Å². The number of carbonyl (C=O) groups excluding carboxylic acids is 1. The third-order valence-corrected chi connectivity index (χ3v) is 8.40. The lowest BCUT2D eigenvalue weighted by atomic mass is 10.0. The maximum Gasteiger partial charge on any atom is 0.409 e. The summed E-state index contributed by atoms with van der Waals surface area (Å²) in [5, 5.41) is 8.39. The molecule has 1 N–H and O–H groups in total. The van der Waals surface area contributed by atoms with Gasteiger partial charge in [-0.05, 0) is 78.4 Å². The van der Waals surface area contributed by atoms with Crippen LogP contribution < -0.4 is 4.74 Å². The summed E-state index contributed by atoms with van der Waals surface area (Å²) in [5.41, 5.74) is 6.30. The molecule has 0 atom stereocenters. The van der Waals surface area contributed by atoms with E-state index in [1.54, 1.807) is 41.0 Å². The van der Waals surface area contributed by atoms with Crippen molar-refractivity contribution in [1.82, 2.24) is 30.0 Å². The Kier molecular flexibility index (Phi) is 10.1. The largest absolute Gasteiger partial charge is 0.492 e. The number of pyridine rings is 3. The number of H-pyrrole nitrogens is 1. The second-order valence-electron chi connectivity index (χ2n) is 9.22. The van der Waals surface area contributed by atoms with E-state index in [9.17, 15) is 4.79 Å². The quantitative estimate of drug-likeness (QED) is 0.123. The molecule has 0 radical (unpaired) electrons. The molecule has 0 aliphatic rings. The highest BCUT2D eigenvalue weighted by molar-refractivity contribution is 8.76. The zero-order valence-corrected chi connectivity index (χ0v) is 24.9. The number of nitrogens with zero attached hydrogens (tertiary/aromatic N) is 5. The number of benzene rings is 1. The van der Waals surface area contributed by atoms with E-state index in [1.165, 1.54) is 4.90 Å². The molecule has 0 saturated heterocycles. The predicted octanol–water partition coefficient (Wildman–Crippen LogP) is 6.79. The molecule has 0 aliphatic heterocycles. The fourth-order valence-electron chi connectivity index (χ4n) is 4.02. The Hall–Kier alpha value is -4.35. The van der Waals surface area contributed by atoms with Crippen LogP contribution in [0.15, 0.2) is 96.4 Å². The molecule has 214 valence electrons. The van der Waals surface area contributed by atoms with Gasteiger partial charge in [-0.3, -0.25) is 15.1 Å². The average Bonchev–Trinajstić information content (AvgIpc) is 3.52. The normalized spacial score (nSPS) is 10.8. The minimum absolute atomic E-state index is 0.329. The lowest BCUT2D eigenvalue weighted by molar-refractivity contribution is 0.111. The molecule has 42 heavy (non-hydrogen) atoms. The van der Waals surface area contributed by atoms with Crippen LogP contribution in [0.2, 0.25) is 0 Å². The second-order valence-corrected chi connectivity index (χ2v) is 11.7. The highest BCUT2D eigenvalue weighted by atomic mass is 33.1. The fourth-order valence-corrected chi connectivity index (χ4v) is 5.72. The Balaban J connectivity index is 1.09. The van der Waals surface area contributed by atoms with Gasteiger partial charge < -0.3 is 14.4 Å². The van der Waals surface area contributed by atoms with Crippen LogP contribution in [0.1, 0.15) is 5.69 Å². The van der Waals surface area contributed by atoms with E-state index in [1.807, 2.05) is 85.9 Å². The van der Waals surface area contributed by atoms with Gasteiger partial charge in [-0.25, -0.2) is 9.78 Å². The minimum atomic E-state index is -0.374. The number of nitrogens with one attached hydrogen (secondary N) is 1. The van der Waals surface area contributed by atoms with Crippen LogP contribution in [-0.4, -0.2) is 68.7 Å². The van der Waals surface area contributed by atoms with E-state index < -0.39 is 0 Å². The van der Waals surface area contributed by atoms with Crippen molar-refractivity contribution in [2.75, 3.05) is 32.6 Å². The number of ether oxygens (including phenoxy) is 2. The number of rotatable bonds is 12. The molecular weight excluding hydrogens is 569 g/mol. The molecule has 4 heterocycles. The summed E-state index contributed by atoms with van der Waals surface area (Å²) in [6.07, 6.45) is 5.03. The molecular formula is C31H30N6O3S2. The first kappa shape index (κ1) is 29.2. The molecule has 9 nitrogen and oxygen atoms in total. The fraction of sp³-hybridized carbons (Fsp3) is 0.194. The molecule has 0 spiro atoms. The van der Waals surface area contributed by atoms with Crippen molar-refractivity contribution < 1.29 is 14.3 Å². The Morgan fingerprint density at radius 2 is 1.81 bits per heavy atom. The first-order chi connectivity index (χ1) is 20.6. The first-order valence-corrected chi connectivity index (χ1v) is 15.6. The van der Waals surface area contributed by atoms with Crippen LogP contribution in [0.5, 0.6) is 5.75 Å². The van der Waals surface area contributed by atoms with Gasteiger partial charge in [-0.15, -0.1) is 0 Å². The summed E-state index contributed by atoms with van der Waals surface area (Å²) < 4.78 is 11.2. The van der Waals surface area contributed by atoms with E-state index in [-0.39, 0.29) is 6.09 Å². The third kappa shape index (κ3) is 7.89. The van der Waals surface area contributed by atoms with Crippen LogP contribution in [0, 0.1) is 6.92 Å². The lowest BCUT2D eigenvalue weighted by Gasteiger charge is -2.17. The van der Waals surface area contributed by atoms with Crippen molar-refractivity contribution >= 4 is 27.7 Å². The van der Waals surface area contributed by atoms with Crippen molar-refractivity contribution in [2.24, 2.45) is 0 Å². The molecule has 5 rings (SSSR count). The smallest absolute Gasteiger partial charge is 0.409 e. The number of aromatic amines is 1. The molecule has 0 fully saturated rings. The number of carbonyl (C=O) groups is 1. The van der Waals surface area contributed by atoms with Gasteiger partial charge in [0.15, 0.2) is 0 Å². The molecule has 0 aliphatic carbocycles. The van der Waals surface area contributed by atoms with Gasteiger partial charge in [0.05, 0.1) is 17.9 Å². The van der Waals surface area contributed by atoms with Gasteiger partial charge in [0.25, 0.3) is 0 Å². The van der Waals surface area contributed by atoms with Crippen molar-refractivity contribution in [1.29, 1.82) is 0 Å². The third-order valence-electron chi connectivity index (χ3n) is 6.17. The van der Waals surface area contributed by atoms with Gasteiger partial charge >= 0.3 is 6.09 Å².